The third-order valence-corrected chi connectivity index (χ3v) is 2.90. The fraction of sp³-hybridized carbons (Fsp3) is 0.900. The van der Waals surface area contributed by atoms with Crippen molar-refractivity contribution in [3.63, 3.8) is 0 Å². The standard InChI is InChI=1S/C10H19N3O2.H2/c1-12-6-9(7-12)11-10(14)8-13-2-4-15-5-3-13;/h9H,2-8H2,1H3,(H,11,14);1H. The van der Waals surface area contributed by atoms with E-state index in [0.717, 1.165) is 39.4 Å². The normalized spacial score (nSPS) is 24.9. The molecule has 0 radical (unpaired) electrons. The average Bonchev–Trinajstić information content (AvgIpc) is 2.17. The van der Waals surface area contributed by atoms with Crippen LogP contribution in [0.15, 0.2) is 0 Å². The molecular formula is C10H21N3O2. The summed E-state index contributed by atoms with van der Waals surface area (Å²) < 4.78 is 5.23. The van der Waals surface area contributed by atoms with Gasteiger partial charge in [-0.2, -0.15) is 0 Å². The number of hydrogen-bond donors (Lipinski definition) is 1. The van der Waals surface area contributed by atoms with E-state index >= 15 is 0 Å². The fourth-order valence-corrected chi connectivity index (χ4v) is 2.03. The van der Waals surface area contributed by atoms with Crippen molar-refractivity contribution in [1.82, 2.24) is 15.1 Å². The largest absolute Gasteiger partial charge is 0.379 e. The van der Waals surface area contributed by atoms with Crippen LogP contribution in [0.1, 0.15) is 1.43 Å². The quantitative estimate of drug-likeness (QED) is 0.655. The van der Waals surface area contributed by atoms with E-state index in [2.05, 4.69) is 22.2 Å². The first-order chi connectivity index (χ1) is 7.24. The Bertz CT molecular complexity index is 228. The molecule has 2 rings (SSSR count). The van der Waals surface area contributed by atoms with Gasteiger partial charge in [0.15, 0.2) is 0 Å². The van der Waals surface area contributed by atoms with Gasteiger partial charge in [0.25, 0.3) is 0 Å². The average molecular weight is 215 g/mol. The molecular weight excluding hydrogens is 194 g/mol. The topological polar surface area (TPSA) is 44.8 Å². The van der Waals surface area contributed by atoms with Gasteiger partial charge in [-0.3, -0.25) is 9.69 Å². The molecule has 2 aliphatic rings. The van der Waals surface area contributed by atoms with E-state index in [-0.39, 0.29) is 7.33 Å². The lowest BCUT2D eigenvalue weighted by atomic mass is 10.1. The molecule has 88 valence electrons. The third kappa shape index (κ3) is 3.15. The van der Waals surface area contributed by atoms with E-state index in [0.29, 0.717) is 12.6 Å². The number of hydrogen-bond acceptors (Lipinski definition) is 4. The Labute approximate surface area is 91.8 Å². The summed E-state index contributed by atoms with van der Waals surface area (Å²) in [4.78, 5) is 15.9. The van der Waals surface area contributed by atoms with Crippen LogP contribution < -0.4 is 5.32 Å². The maximum Gasteiger partial charge on any atom is 0.234 e. The summed E-state index contributed by atoms with van der Waals surface area (Å²) in [6.45, 7) is 5.72. The van der Waals surface area contributed by atoms with Crippen LogP contribution in [-0.2, 0) is 9.53 Å². The highest BCUT2D eigenvalue weighted by Gasteiger charge is 2.25. The van der Waals surface area contributed by atoms with Crippen molar-refractivity contribution in [3.05, 3.63) is 0 Å². The molecule has 0 unspecified atom stereocenters. The Morgan fingerprint density at radius 1 is 1.47 bits per heavy atom. The molecule has 0 aliphatic carbocycles. The second-order valence-corrected chi connectivity index (χ2v) is 4.37. The molecule has 2 aliphatic heterocycles. The minimum absolute atomic E-state index is 0. The number of ether oxygens (including phenoxy) is 1. The Balaban J connectivity index is 0.00000128. The van der Waals surface area contributed by atoms with Crippen LogP contribution in [0.5, 0.6) is 0 Å². The highest BCUT2D eigenvalue weighted by atomic mass is 16.5. The molecule has 0 bridgehead atoms. The van der Waals surface area contributed by atoms with Crippen molar-refractivity contribution >= 4 is 5.91 Å². The van der Waals surface area contributed by atoms with Crippen LogP contribution in [0, 0.1) is 0 Å². The molecule has 15 heavy (non-hydrogen) atoms. The highest BCUT2D eigenvalue weighted by Crippen LogP contribution is 2.03. The zero-order valence-corrected chi connectivity index (χ0v) is 9.24. The molecule has 0 spiro atoms. The molecule has 2 saturated heterocycles. The number of carbonyl (C=O) groups is 1. The summed E-state index contributed by atoms with van der Waals surface area (Å²) in [6, 6.07) is 0.364. The van der Waals surface area contributed by atoms with Crippen LogP contribution in [0.3, 0.4) is 0 Å². The fourth-order valence-electron chi connectivity index (χ4n) is 2.03. The van der Waals surface area contributed by atoms with E-state index in [4.69, 9.17) is 4.74 Å². The number of amides is 1. The summed E-state index contributed by atoms with van der Waals surface area (Å²) in [5.74, 6) is 0.148. The van der Waals surface area contributed by atoms with Gasteiger partial charge in [-0.15, -0.1) is 0 Å². The van der Waals surface area contributed by atoms with Gasteiger partial charge in [0.2, 0.25) is 5.91 Å². The monoisotopic (exact) mass is 215 g/mol. The lowest BCUT2D eigenvalue weighted by Gasteiger charge is -2.37. The molecule has 0 saturated carbocycles. The van der Waals surface area contributed by atoms with Crippen molar-refractivity contribution < 1.29 is 11.0 Å². The minimum Gasteiger partial charge on any atom is -0.379 e. The van der Waals surface area contributed by atoms with Crippen LogP contribution in [0.4, 0.5) is 0 Å². The number of nitrogens with one attached hydrogen (secondary N) is 1. The number of likely N-dealkylation sites (tertiary alicyclic amines) is 1. The smallest absolute Gasteiger partial charge is 0.234 e. The SMILES string of the molecule is CN1CC(NC(=O)CN2CCOCC2)C1.[HH]. The molecule has 2 fully saturated rings. The molecule has 1 amide bonds. The van der Waals surface area contributed by atoms with E-state index in [1.54, 1.807) is 0 Å². The van der Waals surface area contributed by atoms with Crippen LogP contribution >= 0.6 is 0 Å². The van der Waals surface area contributed by atoms with Crippen molar-refractivity contribution in [2.75, 3.05) is 53.0 Å². The summed E-state index contributed by atoms with van der Waals surface area (Å²) in [5, 5.41) is 3.03. The van der Waals surface area contributed by atoms with E-state index < -0.39 is 0 Å². The zero-order chi connectivity index (χ0) is 10.7. The molecule has 2 heterocycles. The predicted molar refractivity (Wildman–Crippen MR) is 58.8 cm³/mol. The van der Waals surface area contributed by atoms with E-state index in [1.165, 1.54) is 0 Å². The molecule has 0 aromatic carbocycles. The Hall–Kier alpha value is -0.650. The first kappa shape index (κ1) is 10.9. The van der Waals surface area contributed by atoms with Gasteiger partial charge >= 0.3 is 0 Å². The number of carbonyl (C=O) groups excluding carboxylic acids is 1. The van der Waals surface area contributed by atoms with E-state index in [1.807, 2.05) is 0 Å². The lowest BCUT2D eigenvalue weighted by molar-refractivity contribution is -0.124. The molecule has 0 aromatic rings. The number of morpholine rings is 1. The van der Waals surface area contributed by atoms with Gasteiger partial charge in [-0.25, -0.2) is 0 Å². The van der Waals surface area contributed by atoms with Gasteiger partial charge in [0.1, 0.15) is 0 Å². The van der Waals surface area contributed by atoms with Gasteiger partial charge in [0.05, 0.1) is 25.8 Å². The van der Waals surface area contributed by atoms with Gasteiger partial charge < -0.3 is 15.0 Å². The number of likely N-dealkylation sites (N-methyl/N-ethyl adjacent to an activating group) is 1. The Morgan fingerprint density at radius 3 is 2.73 bits per heavy atom. The summed E-state index contributed by atoms with van der Waals surface area (Å²) >= 11 is 0. The second kappa shape index (κ2) is 4.92. The van der Waals surface area contributed by atoms with Crippen molar-refractivity contribution in [3.8, 4) is 0 Å². The Kier molecular flexibility index (Phi) is 3.56. The van der Waals surface area contributed by atoms with Gasteiger partial charge in [-0.05, 0) is 7.05 Å². The first-order valence-electron chi connectivity index (χ1n) is 5.52. The summed E-state index contributed by atoms with van der Waals surface area (Å²) in [6.07, 6.45) is 0. The first-order valence-corrected chi connectivity index (χ1v) is 5.52. The molecule has 0 aromatic heterocycles. The third-order valence-electron chi connectivity index (χ3n) is 2.90. The molecule has 0 atom stereocenters. The summed E-state index contributed by atoms with van der Waals surface area (Å²) in [5.41, 5.74) is 0. The zero-order valence-electron chi connectivity index (χ0n) is 9.24. The minimum atomic E-state index is 0. The second-order valence-electron chi connectivity index (χ2n) is 4.37. The predicted octanol–water partition coefficient (Wildman–Crippen LogP) is -1.01. The molecule has 5 heteroatoms. The van der Waals surface area contributed by atoms with Crippen LogP contribution in [0.25, 0.3) is 0 Å². The van der Waals surface area contributed by atoms with Crippen LogP contribution in [-0.4, -0.2) is 74.7 Å². The maximum absolute atomic E-state index is 11.6. The Morgan fingerprint density at radius 2 is 2.13 bits per heavy atom. The highest BCUT2D eigenvalue weighted by molar-refractivity contribution is 5.78. The van der Waals surface area contributed by atoms with Crippen molar-refractivity contribution in [2.45, 2.75) is 6.04 Å². The van der Waals surface area contributed by atoms with Gasteiger partial charge in [0, 0.05) is 27.6 Å². The molecule has 1 N–H and O–H groups in total. The lowest BCUT2D eigenvalue weighted by Crippen LogP contribution is -2.59. The number of nitrogens with zero attached hydrogens (tertiary/aromatic N) is 2. The van der Waals surface area contributed by atoms with Crippen molar-refractivity contribution in [1.29, 1.82) is 0 Å². The van der Waals surface area contributed by atoms with E-state index in [9.17, 15) is 4.79 Å². The number of rotatable bonds is 3. The van der Waals surface area contributed by atoms with Crippen LogP contribution in [0.2, 0.25) is 0 Å². The molecule has 5 nitrogen and oxygen atoms in total. The van der Waals surface area contributed by atoms with Crippen molar-refractivity contribution in [2.24, 2.45) is 0 Å². The summed E-state index contributed by atoms with van der Waals surface area (Å²) in [7, 11) is 2.06. The maximum atomic E-state index is 11.6. The van der Waals surface area contributed by atoms with Gasteiger partial charge in [-0.1, -0.05) is 0 Å².